The van der Waals surface area contributed by atoms with Crippen molar-refractivity contribution in [2.24, 2.45) is 11.7 Å². The van der Waals surface area contributed by atoms with Gasteiger partial charge in [0.05, 0.1) is 0 Å². The molecule has 2 atom stereocenters. The summed E-state index contributed by atoms with van der Waals surface area (Å²) in [6, 6.07) is 0.716. The molecule has 1 rings (SSSR count). The minimum Gasteiger partial charge on any atom is -0.330 e. The molecule has 0 radical (unpaired) electrons. The fourth-order valence-electron chi connectivity index (χ4n) is 1.26. The third-order valence-corrected chi connectivity index (χ3v) is 2.10. The molecule has 3 N–H and O–H groups in total. The van der Waals surface area contributed by atoms with E-state index in [0.717, 1.165) is 19.0 Å². The molecule has 0 spiro atoms. The van der Waals surface area contributed by atoms with Crippen LogP contribution in [0.1, 0.15) is 19.8 Å². The van der Waals surface area contributed by atoms with E-state index in [9.17, 15) is 0 Å². The van der Waals surface area contributed by atoms with Crippen molar-refractivity contribution in [3.63, 3.8) is 0 Å². The van der Waals surface area contributed by atoms with Crippen LogP contribution in [0.15, 0.2) is 0 Å². The van der Waals surface area contributed by atoms with Crippen LogP contribution in [0.4, 0.5) is 0 Å². The highest BCUT2D eigenvalue weighted by atomic mass is 14.9. The Morgan fingerprint density at radius 3 is 2.78 bits per heavy atom. The zero-order valence-corrected chi connectivity index (χ0v) is 6.06. The van der Waals surface area contributed by atoms with Gasteiger partial charge < -0.3 is 11.1 Å². The molecule has 0 bridgehead atoms. The van der Waals surface area contributed by atoms with Gasteiger partial charge >= 0.3 is 0 Å². The minimum absolute atomic E-state index is 0.716. The molecule has 9 heavy (non-hydrogen) atoms. The van der Waals surface area contributed by atoms with Gasteiger partial charge in [-0.15, -0.1) is 0 Å². The summed E-state index contributed by atoms with van der Waals surface area (Å²) >= 11 is 0. The van der Waals surface area contributed by atoms with Crippen LogP contribution in [0.25, 0.3) is 0 Å². The molecular weight excluding hydrogens is 112 g/mol. The van der Waals surface area contributed by atoms with E-state index in [0.29, 0.717) is 6.04 Å². The van der Waals surface area contributed by atoms with Crippen LogP contribution in [-0.2, 0) is 0 Å². The summed E-state index contributed by atoms with van der Waals surface area (Å²) in [6.07, 6.45) is 2.60. The fourth-order valence-corrected chi connectivity index (χ4v) is 1.26. The first-order valence-corrected chi connectivity index (χ1v) is 3.76. The zero-order chi connectivity index (χ0) is 6.69. The summed E-state index contributed by atoms with van der Waals surface area (Å²) in [4.78, 5) is 0. The van der Waals surface area contributed by atoms with Gasteiger partial charge in [-0.25, -0.2) is 0 Å². The first kappa shape index (κ1) is 7.03. The Morgan fingerprint density at radius 1 is 1.56 bits per heavy atom. The predicted octanol–water partition coefficient (Wildman–Crippen LogP) is 0.333. The van der Waals surface area contributed by atoms with Crippen molar-refractivity contribution < 1.29 is 0 Å². The molecule has 2 unspecified atom stereocenters. The van der Waals surface area contributed by atoms with Crippen LogP contribution >= 0.6 is 0 Å². The average molecular weight is 128 g/mol. The molecular formula is C7H16N2. The Labute approximate surface area is 56.8 Å². The molecule has 2 nitrogen and oxygen atoms in total. The Morgan fingerprint density at radius 2 is 2.33 bits per heavy atom. The lowest BCUT2D eigenvalue weighted by molar-refractivity contribution is 0.329. The molecule has 54 valence electrons. The van der Waals surface area contributed by atoms with Crippen LogP contribution in [-0.4, -0.2) is 19.1 Å². The van der Waals surface area contributed by atoms with Crippen molar-refractivity contribution in [2.45, 2.75) is 25.8 Å². The summed E-state index contributed by atoms with van der Waals surface area (Å²) in [7, 11) is 0. The normalized spacial score (nSPS) is 36.7. The molecule has 1 heterocycles. The van der Waals surface area contributed by atoms with Crippen molar-refractivity contribution in [1.29, 1.82) is 0 Å². The number of nitrogens with one attached hydrogen (secondary N) is 1. The van der Waals surface area contributed by atoms with E-state index in [4.69, 9.17) is 5.73 Å². The Hall–Kier alpha value is -0.0800. The highest BCUT2D eigenvalue weighted by molar-refractivity contribution is 4.74. The monoisotopic (exact) mass is 128 g/mol. The number of piperidine rings is 1. The maximum absolute atomic E-state index is 5.51. The maximum Gasteiger partial charge on any atom is 0.00389 e. The van der Waals surface area contributed by atoms with E-state index in [1.54, 1.807) is 0 Å². The van der Waals surface area contributed by atoms with Gasteiger partial charge in [-0.1, -0.05) is 0 Å². The molecule has 1 aliphatic rings. The van der Waals surface area contributed by atoms with Crippen LogP contribution in [0.3, 0.4) is 0 Å². The van der Waals surface area contributed by atoms with E-state index >= 15 is 0 Å². The Kier molecular flexibility index (Phi) is 2.49. The number of hydrogen-bond acceptors (Lipinski definition) is 2. The number of rotatable bonds is 1. The highest BCUT2D eigenvalue weighted by Gasteiger charge is 2.14. The lowest BCUT2D eigenvalue weighted by atomic mass is 9.96. The SMILES string of the molecule is CC1CCC(CN)CN1. The van der Waals surface area contributed by atoms with Crippen LogP contribution < -0.4 is 11.1 Å². The lowest BCUT2D eigenvalue weighted by Gasteiger charge is -2.26. The second-order valence-electron chi connectivity index (χ2n) is 2.99. The van der Waals surface area contributed by atoms with Crippen molar-refractivity contribution in [1.82, 2.24) is 5.32 Å². The van der Waals surface area contributed by atoms with E-state index in [1.165, 1.54) is 12.8 Å². The number of nitrogens with two attached hydrogens (primary N) is 1. The Bertz CT molecular complexity index is 75.0. The van der Waals surface area contributed by atoms with Gasteiger partial charge in [0.1, 0.15) is 0 Å². The molecule has 1 saturated heterocycles. The summed E-state index contributed by atoms with van der Waals surface area (Å²) in [6.45, 7) is 4.20. The lowest BCUT2D eigenvalue weighted by Crippen LogP contribution is -2.39. The summed E-state index contributed by atoms with van der Waals surface area (Å²) in [5, 5.41) is 3.40. The van der Waals surface area contributed by atoms with E-state index in [2.05, 4.69) is 12.2 Å². The van der Waals surface area contributed by atoms with Crippen LogP contribution in [0.2, 0.25) is 0 Å². The van der Waals surface area contributed by atoms with Gasteiger partial charge in [-0.2, -0.15) is 0 Å². The zero-order valence-electron chi connectivity index (χ0n) is 6.06. The smallest absolute Gasteiger partial charge is 0.00389 e. The quantitative estimate of drug-likeness (QED) is 0.534. The largest absolute Gasteiger partial charge is 0.330 e. The highest BCUT2D eigenvalue weighted by Crippen LogP contribution is 2.11. The second kappa shape index (κ2) is 3.18. The maximum atomic E-state index is 5.51. The molecule has 0 amide bonds. The first-order valence-electron chi connectivity index (χ1n) is 3.76. The predicted molar refractivity (Wildman–Crippen MR) is 39.2 cm³/mol. The first-order chi connectivity index (χ1) is 4.33. The van der Waals surface area contributed by atoms with Gasteiger partial charge in [-0.3, -0.25) is 0 Å². The van der Waals surface area contributed by atoms with Gasteiger partial charge in [0.15, 0.2) is 0 Å². The van der Waals surface area contributed by atoms with Crippen molar-refractivity contribution >= 4 is 0 Å². The summed E-state index contributed by atoms with van der Waals surface area (Å²) in [5.41, 5.74) is 5.51. The van der Waals surface area contributed by atoms with Crippen LogP contribution in [0, 0.1) is 5.92 Å². The number of hydrogen-bond donors (Lipinski definition) is 2. The molecule has 0 aromatic heterocycles. The third-order valence-electron chi connectivity index (χ3n) is 2.10. The Balaban J connectivity index is 2.18. The fraction of sp³-hybridized carbons (Fsp3) is 1.00. The molecule has 0 aromatic carbocycles. The molecule has 0 saturated carbocycles. The van der Waals surface area contributed by atoms with Gasteiger partial charge in [-0.05, 0) is 38.8 Å². The third kappa shape index (κ3) is 1.95. The van der Waals surface area contributed by atoms with E-state index in [-0.39, 0.29) is 0 Å². The van der Waals surface area contributed by atoms with Gasteiger partial charge in [0, 0.05) is 6.04 Å². The van der Waals surface area contributed by atoms with Crippen molar-refractivity contribution in [3.8, 4) is 0 Å². The topological polar surface area (TPSA) is 38.0 Å². The minimum atomic E-state index is 0.716. The molecule has 0 aliphatic carbocycles. The summed E-state index contributed by atoms with van der Waals surface area (Å²) in [5.74, 6) is 0.737. The van der Waals surface area contributed by atoms with E-state index < -0.39 is 0 Å². The molecule has 2 heteroatoms. The van der Waals surface area contributed by atoms with Crippen molar-refractivity contribution in [2.75, 3.05) is 13.1 Å². The molecule has 1 aliphatic heterocycles. The molecule has 0 aromatic rings. The second-order valence-corrected chi connectivity index (χ2v) is 2.99. The standard InChI is InChI=1S/C7H16N2/c1-6-2-3-7(4-8)5-9-6/h6-7,9H,2-5,8H2,1H3. The van der Waals surface area contributed by atoms with Crippen LogP contribution in [0.5, 0.6) is 0 Å². The van der Waals surface area contributed by atoms with E-state index in [1.807, 2.05) is 0 Å². The molecule has 1 fully saturated rings. The van der Waals surface area contributed by atoms with Gasteiger partial charge in [0.25, 0.3) is 0 Å². The summed E-state index contributed by atoms with van der Waals surface area (Å²) < 4.78 is 0. The van der Waals surface area contributed by atoms with Crippen molar-refractivity contribution in [3.05, 3.63) is 0 Å². The van der Waals surface area contributed by atoms with Gasteiger partial charge in [0.2, 0.25) is 0 Å². The average Bonchev–Trinajstić information content (AvgIpc) is 1.90.